The fraction of sp³-hybridized carbons (Fsp3) is 0.167. The number of hydrogen-bond donors (Lipinski definition) is 1. The van der Waals surface area contributed by atoms with E-state index in [0.717, 1.165) is 16.8 Å². The van der Waals surface area contributed by atoms with Crippen molar-refractivity contribution in [3.63, 3.8) is 0 Å². The molecule has 0 atom stereocenters. The van der Waals surface area contributed by atoms with E-state index in [1.807, 2.05) is 53.4 Å². The summed E-state index contributed by atoms with van der Waals surface area (Å²) in [5, 5.41) is 8.78. The van der Waals surface area contributed by atoms with Crippen LogP contribution in [0.25, 0.3) is 11.3 Å². The standard InChI is InChI=1S/C18H16N2O3S2/c1-12-2-4-14(5-3-12)15-11-25-18(19-15)20-16(21)9-23-17(22)8-13-6-7-24-10-13/h2-7,10-11H,8-9H2,1H3,(H,19,20,21). The van der Waals surface area contributed by atoms with Gasteiger partial charge >= 0.3 is 5.97 Å². The van der Waals surface area contributed by atoms with E-state index in [1.54, 1.807) is 0 Å². The van der Waals surface area contributed by atoms with E-state index < -0.39 is 11.9 Å². The minimum absolute atomic E-state index is 0.172. The molecule has 0 bridgehead atoms. The summed E-state index contributed by atoms with van der Waals surface area (Å²) in [5.74, 6) is -0.823. The van der Waals surface area contributed by atoms with Gasteiger partial charge < -0.3 is 4.74 Å². The predicted octanol–water partition coefficient (Wildman–Crippen LogP) is 3.90. The quantitative estimate of drug-likeness (QED) is 0.666. The summed E-state index contributed by atoms with van der Waals surface area (Å²) in [4.78, 5) is 27.9. The first-order valence-corrected chi connectivity index (χ1v) is 9.41. The van der Waals surface area contributed by atoms with E-state index in [4.69, 9.17) is 4.74 Å². The fourth-order valence-electron chi connectivity index (χ4n) is 2.10. The highest BCUT2D eigenvalue weighted by molar-refractivity contribution is 7.14. The van der Waals surface area contributed by atoms with Gasteiger partial charge in [-0.2, -0.15) is 11.3 Å². The molecular weight excluding hydrogens is 356 g/mol. The second-order valence-electron chi connectivity index (χ2n) is 5.42. The van der Waals surface area contributed by atoms with E-state index in [0.29, 0.717) is 5.13 Å². The van der Waals surface area contributed by atoms with Gasteiger partial charge in [-0.3, -0.25) is 14.9 Å². The van der Waals surface area contributed by atoms with Crippen molar-refractivity contribution in [1.29, 1.82) is 0 Å². The molecule has 1 aromatic carbocycles. The molecular formula is C18H16N2O3S2. The Bertz CT molecular complexity index is 855. The zero-order valence-corrected chi connectivity index (χ0v) is 15.2. The van der Waals surface area contributed by atoms with E-state index in [-0.39, 0.29) is 13.0 Å². The van der Waals surface area contributed by atoms with Gasteiger partial charge in [0.15, 0.2) is 11.7 Å². The Balaban J connectivity index is 1.49. The van der Waals surface area contributed by atoms with Crippen LogP contribution in [0.1, 0.15) is 11.1 Å². The lowest BCUT2D eigenvalue weighted by molar-refractivity contribution is -0.146. The van der Waals surface area contributed by atoms with E-state index in [9.17, 15) is 9.59 Å². The first kappa shape index (κ1) is 17.3. The van der Waals surface area contributed by atoms with Crippen LogP contribution in [0.15, 0.2) is 46.5 Å². The summed E-state index contributed by atoms with van der Waals surface area (Å²) in [7, 11) is 0. The van der Waals surface area contributed by atoms with Gasteiger partial charge in [0.1, 0.15) is 0 Å². The van der Waals surface area contributed by atoms with Crippen molar-refractivity contribution in [2.24, 2.45) is 0 Å². The third-order valence-electron chi connectivity index (χ3n) is 3.39. The molecule has 7 heteroatoms. The molecule has 2 heterocycles. The summed E-state index contributed by atoms with van der Waals surface area (Å²) in [6.45, 7) is 1.71. The molecule has 25 heavy (non-hydrogen) atoms. The number of hydrogen-bond acceptors (Lipinski definition) is 6. The van der Waals surface area contributed by atoms with Gasteiger partial charge in [-0.05, 0) is 29.3 Å². The van der Waals surface area contributed by atoms with Crippen molar-refractivity contribution in [3.8, 4) is 11.3 Å². The zero-order chi connectivity index (χ0) is 17.6. The lowest BCUT2D eigenvalue weighted by Gasteiger charge is -2.04. The van der Waals surface area contributed by atoms with Gasteiger partial charge in [-0.15, -0.1) is 11.3 Å². The van der Waals surface area contributed by atoms with E-state index in [2.05, 4.69) is 10.3 Å². The number of anilines is 1. The number of amides is 1. The Labute approximate surface area is 153 Å². The molecule has 1 N–H and O–H groups in total. The Hall–Kier alpha value is -2.51. The van der Waals surface area contributed by atoms with Crippen molar-refractivity contribution >= 4 is 39.7 Å². The molecule has 5 nitrogen and oxygen atoms in total. The second-order valence-corrected chi connectivity index (χ2v) is 7.06. The molecule has 0 aliphatic heterocycles. The Kier molecular flexibility index (Phi) is 5.57. The summed E-state index contributed by atoms with van der Waals surface area (Å²) < 4.78 is 4.98. The monoisotopic (exact) mass is 372 g/mol. The SMILES string of the molecule is Cc1ccc(-c2csc(NC(=O)COC(=O)Cc3ccsc3)n2)cc1. The minimum atomic E-state index is -0.423. The maximum Gasteiger partial charge on any atom is 0.310 e. The Morgan fingerprint density at radius 2 is 1.96 bits per heavy atom. The van der Waals surface area contributed by atoms with Crippen LogP contribution < -0.4 is 5.32 Å². The number of thiophene rings is 1. The first-order chi connectivity index (χ1) is 12.1. The van der Waals surface area contributed by atoms with E-state index in [1.165, 1.54) is 28.2 Å². The highest BCUT2D eigenvalue weighted by Crippen LogP contribution is 2.25. The molecule has 128 valence electrons. The number of nitrogens with zero attached hydrogens (tertiary/aromatic N) is 1. The number of aryl methyl sites for hydroxylation is 1. The van der Waals surface area contributed by atoms with Crippen LogP contribution in [-0.4, -0.2) is 23.5 Å². The lowest BCUT2D eigenvalue weighted by Crippen LogP contribution is -2.21. The molecule has 0 unspecified atom stereocenters. The van der Waals surface area contributed by atoms with Crippen LogP contribution in [0.3, 0.4) is 0 Å². The normalized spacial score (nSPS) is 10.4. The van der Waals surface area contributed by atoms with Crippen LogP contribution in [0.4, 0.5) is 5.13 Å². The molecule has 0 saturated carbocycles. The molecule has 3 aromatic rings. The number of carbonyl (C=O) groups is 2. The molecule has 0 aliphatic carbocycles. The molecule has 0 fully saturated rings. The predicted molar refractivity (Wildman–Crippen MR) is 99.9 cm³/mol. The van der Waals surface area contributed by atoms with Crippen molar-refractivity contribution in [3.05, 3.63) is 57.6 Å². The van der Waals surface area contributed by atoms with Gasteiger partial charge in [-0.1, -0.05) is 29.8 Å². The van der Waals surface area contributed by atoms with Gasteiger partial charge in [-0.25, -0.2) is 4.98 Å². The number of esters is 1. The topological polar surface area (TPSA) is 68.3 Å². The first-order valence-electron chi connectivity index (χ1n) is 7.59. The molecule has 1 amide bonds. The van der Waals surface area contributed by atoms with Gasteiger partial charge in [0.05, 0.1) is 12.1 Å². The minimum Gasteiger partial charge on any atom is -0.455 e. The van der Waals surface area contributed by atoms with Crippen LogP contribution in [0, 0.1) is 6.92 Å². The van der Waals surface area contributed by atoms with E-state index >= 15 is 0 Å². The Morgan fingerprint density at radius 3 is 2.68 bits per heavy atom. The summed E-state index contributed by atoms with van der Waals surface area (Å²) in [5.41, 5.74) is 3.86. The fourth-order valence-corrected chi connectivity index (χ4v) is 3.50. The largest absolute Gasteiger partial charge is 0.455 e. The molecule has 2 aromatic heterocycles. The van der Waals surface area contributed by atoms with Crippen LogP contribution in [0.5, 0.6) is 0 Å². The van der Waals surface area contributed by atoms with Crippen molar-refractivity contribution in [2.75, 3.05) is 11.9 Å². The number of aromatic nitrogens is 1. The summed E-state index contributed by atoms with van der Waals surface area (Å²) in [6.07, 6.45) is 0.172. The number of ether oxygens (including phenoxy) is 1. The average Bonchev–Trinajstić information content (AvgIpc) is 3.26. The van der Waals surface area contributed by atoms with Crippen LogP contribution in [0.2, 0.25) is 0 Å². The van der Waals surface area contributed by atoms with Gasteiger partial charge in [0, 0.05) is 10.9 Å². The molecule has 0 saturated heterocycles. The third kappa shape index (κ3) is 4.98. The number of benzene rings is 1. The van der Waals surface area contributed by atoms with Crippen molar-refractivity contribution < 1.29 is 14.3 Å². The highest BCUT2D eigenvalue weighted by Gasteiger charge is 2.11. The maximum absolute atomic E-state index is 11.9. The lowest BCUT2D eigenvalue weighted by atomic mass is 10.1. The maximum atomic E-state index is 11.9. The third-order valence-corrected chi connectivity index (χ3v) is 4.88. The zero-order valence-electron chi connectivity index (χ0n) is 13.5. The van der Waals surface area contributed by atoms with Crippen molar-refractivity contribution in [1.82, 2.24) is 4.98 Å². The smallest absolute Gasteiger partial charge is 0.310 e. The molecule has 3 rings (SSSR count). The number of thiazole rings is 1. The average molecular weight is 372 g/mol. The number of nitrogens with one attached hydrogen (secondary N) is 1. The van der Waals surface area contributed by atoms with Crippen LogP contribution in [-0.2, 0) is 20.7 Å². The Morgan fingerprint density at radius 1 is 1.16 bits per heavy atom. The molecule has 0 radical (unpaired) electrons. The van der Waals surface area contributed by atoms with Crippen molar-refractivity contribution in [2.45, 2.75) is 13.3 Å². The van der Waals surface area contributed by atoms with Crippen LogP contribution >= 0.6 is 22.7 Å². The van der Waals surface area contributed by atoms with Gasteiger partial charge in [0.25, 0.3) is 5.91 Å². The summed E-state index contributed by atoms with van der Waals surface area (Å²) in [6, 6.07) is 9.86. The van der Waals surface area contributed by atoms with Gasteiger partial charge in [0.2, 0.25) is 0 Å². The summed E-state index contributed by atoms with van der Waals surface area (Å²) >= 11 is 2.85. The number of carbonyl (C=O) groups excluding carboxylic acids is 2. The highest BCUT2D eigenvalue weighted by atomic mass is 32.1. The number of rotatable bonds is 6. The second kappa shape index (κ2) is 8.04. The molecule has 0 aliphatic rings. The molecule has 0 spiro atoms.